The first kappa shape index (κ1) is 17.5. The number of para-hydroxylation sites is 1. The zero-order valence-corrected chi connectivity index (χ0v) is 16.1. The molecule has 2 heterocycles. The Balaban J connectivity index is 1.65. The quantitative estimate of drug-likeness (QED) is 0.442. The number of H-pyrrole nitrogens is 2. The summed E-state index contributed by atoms with van der Waals surface area (Å²) in [5, 5.41) is 8.77. The van der Waals surface area contributed by atoms with Crippen LogP contribution in [0.1, 0.15) is 0 Å². The second-order valence-electron chi connectivity index (χ2n) is 6.50. The van der Waals surface area contributed by atoms with Crippen LogP contribution in [0.15, 0.2) is 99.8 Å². The lowest BCUT2D eigenvalue weighted by Gasteiger charge is -2.11. The Labute approximate surface area is 170 Å². The summed E-state index contributed by atoms with van der Waals surface area (Å²) in [6.45, 7) is 0. The van der Waals surface area contributed by atoms with E-state index in [9.17, 15) is 4.79 Å². The molecule has 2 aromatic heterocycles. The molecule has 0 saturated carbocycles. The fraction of sp³-hybridized carbons (Fsp3) is 0. The van der Waals surface area contributed by atoms with E-state index >= 15 is 0 Å². The van der Waals surface area contributed by atoms with E-state index in [4.69, 9.17) is 0 Å². The number of benzene rings is 3. The number of hydrogen-bond donors (Lipinski definition) is 2. The Morgan fingerprint density at radius 2 is 1.41 bits per heavy atom. The highest BCUT2D eigenvalue weighted by atomic mass is 32.2. The number of nitrogens with zero attached hydrogens (tertiary/aromatic N) is 2. The molecular formula is C23H16N4OS. The third kappa shape index (κ3) is 3.34. The third-order valence-corrected chi connectivity index (χ3v) is 5.60. The maximum Gasteiger partial charge on any atom is 0.263 e. The molecule has 5 nitrogen and oxygen atoms in total. The zero-order valence-electron chi connectivity index (χ0n) is 15.3. The van der Waals surface area contributed by atoms with Crippen LogP contribution >= 0.6 is 11.8 Å². The molecule has 6 heteroatoms. The Kier molecular flexibility index (Phi) is 4.46. The summed E-state index contributed by atoms with van der Waals surface area (Å²) in [5.41, 5.74) is 3.47. The second kappa shape index (κ2) is 7.41. The SMILES string of the molecule is O=c1[nH]c2ccccc2c(-c2ccccc2)c1Sc1n[nH]c(-c2ccccc2)n1. The minimum Gasteiger partial charge on any atom is -0.321 e. The van der Waals surface area contributed by atoms with E-state index in [1.807, 2.05) is 84.9 Å². The molecule has 0 saturated heterocycles. The number of fused-ring (bicyclic) bond motifs is 1. The van der Waals surface area contributed by atoms with Gasteiger partial charge in [-0.1, -0.05) is 78.9 Å². The van der Waals surface area contributed by atoms with Crippen molar-refractivity contribution in [3.05, 3.63) is 95.3 Å². The topological polar surface area (TPSA) is 74.4 Å². The Morgan fingerprint density at radius 3 is 2.17 bits per heavy atom. The molecule has 140 valence electrons. The summed E-state index contributed by atoms with van der Waals surface area (Å²) in [7, 11) is 0. The van der Waals surface area contributed by atoms with Gasteiger partial charge in [0.15, 0.2) is 5.82 Å². The molecule has 0 radical (unpaired) electrons. The Bertz CT molecular complexity index is 1340. The van der Waals surface area contributed by atoms with Crippen molar-refractivity contribution >= 4 is 22.7 Å². The molecule has 0 aliphatic carbocycles. The van der Waals surface area contributed by atoms with Crippen LogP contribution in [0, 0.1) is 0 Å². The van der Waals surface area contributed by atoms with Crippen LogP contribution < -0.4 is 5.56 Å². The summed E-state index contributed by atoms with van der Waals surface area (Å²) in [6, 6.07) is 27.5. The monoisotopic (exact) mass is 396 g/mol. The molecule has 0 fully saturated rings. The number of aromatic amines is 2. The Morgan fingerprint density at radius 1 is 0.759 bits per heavy atom. The van der Waals surface area contributed by atoms with Gasteiger partial charge in [-0.05, 0) is 23.4 Å². The highest BCUT2D eigenvalue weighted by molar-refractivity contribution is 7.99. The molecule has 0 unspecified atom stereocenters. The normalized spacial score (nSPS) is 11.0. The summed E-state index contributed by atoms with van der Waals surface area (Å²) >= 11 is 1.27. The van der Waals surface area contributed by atoms with Gasteiger partial charge < -0.3 is 4.98 Å². The van der Waals surface area contributed by atoms with Gasteiger partial charge in [0.2, 0.25) is 5.16 Å². The zero-order chi connectivity index (χ0) is 19.6. The van der Waals surface area contributed by atoms with E-state index in [2.05, 4.69) is 20.2 Å². The third-order valence-electron chi connectivity index (χ3n) is 4.65. The van der Waals surface area contributed by atoms with Crippen molar-refractivity contribution in [1.82, 2.24) is 20.2 Å². The molecule has 0 bridgehead atoms. The van der Waals surface area contributed by atoms with Crippen molar-refractivity contribution in [2.45, 2.75) is 10.1 Å². The van der Waals surface area contributed by atoms with E-state index in [0.29, 0.717) is 15.9 Å². The summed E-state index contributed by atoms with van der Waals surface area (Å²) in [4.78, 5) is 21.1. The first-order chi connectivity index (χ1) is 14.3. The van der Waals surface area contributed by atoms with Crippen molar-refractivity contribution in [3.63, 3.8) is 0 Å². The molecule has 29 heavy (non-hydrogen) atoms. The fourth-order valence-electron chi connectivity index (χ4n) is 3.32. The molecule has 3 aromatic carbocycles. The number of nitrogens with one attached hydrogen (secondary N) is 2. The summed E-state index contributed by atoms with van der Waals surface area (Å²) in [6.07, 6.45) is 0. The predicted octanol–water partition coefficient (Wildman–Crippen LogP) is 5.13. The molecule has 0 amide bonds. The van der Waals surface area contributed by atoms with E-state index in [1.54, 1.807) is 0 Å². The first-order valence-electron chi connectivity index (χ1n) is 9.16. The molecule has 2 N–H and O–H groups in total. The summed E-state index contributed by atoms with van der Waals surface area (Å²) in [5.74, 6) is 0.673. The molecule has 0 aliphatic heterocycles. The largest absolute Gasteiger partial charge is 0.321 e. The van der Waals surface area contributed by atoms with Gasteiger partial charge in [0.1, 0.15) is 0 Å². The predicted molar refractivity (Wildman–Crippen MR) is 116 cm³/mol. The van der Waals surface area contributed by atoms with Gasteiger partial charge in [-0.25, -0.2) is 4.98 Å². The van der Waals surface area contributed by atoms with Crippen LogP contribution in [0.2, 0.25) is 0 Å². The van der Waals surface area contributed by atoms with Gasteiger partial charge in [-0.15, -0.1) is 5.10 Å². The van der Waals surface area contributed by atoms with E-state index in [1.165, 1.54) is 11.8 Å². The summed E-state index contributed by atoms with van der Waals surface area (Å²) < 4.78 is 0. The molecule has 0 atom stereocenters. The molecule has 5 aromatic rings. The molecule has 0 spiro atoms. The molecule has 5 rings (SSSR count). The lowest BCUT2D eigenvalue weighted by Crippen LogP contribution is -2.10. The van der Waals surface area contributed by atoms with Gasteiger partial charge in [-0.2, -0.15) is 0 Å². The smallest absolute Gasteiger partial charge is 0.263 e. The average Bonchev–Trinajstić information content (AvgIpc) is 3.24. The van der Waals surface area contributed by atoms with E-state index < -0.39 is 0 Å². The fourth-order valence-corrected chi connectivity index (χ4v) is 4.21. The van der Waals surface area contributed by atoms with Crippen molar-refractivity contribution in [2.75, 3.05) is 0 Å². The lowest BCUT2D eigenvalue weighted by molar-refractivity contribution is 0.972. The average molecular weight is 396 g/mol. The van der Waals surface area contributed by atoms with Gasteiger partial charge in [0.25, 0.3) is 5.56 Å². The van der Waals surface area contributed by atoms with Crippen LogP contribution in [0.4, 0.5) is 0 Å². The van der Waals surface area contributed by atoms with Crippen molar-refractivity contribution in [3.8, 4) is 22.5 Å². The number of pyridine rings is 1. The second-order valence-corrected chi connectivity index (χ2v) is 7.48. The van der Waals surface area contributed by atoms with Crippen LogP contribution in [0.5, 0.6) is 0 Å². The Hall–Kier alpha value is -3.64. The van der Waals surface area contributed by atoms with Crippen LogP contribution in [0.3, 0.4) is 0 Å². The minimum atomic E-state index is -0.154. The van der Waals surface area contributed by atoms with Crippen LogP contribution in [0.25, 0.3) is 33.4 Å². The molecule has 0 aliphatic rings. The maximum absolute atomic E-state index is 13.0. The number of hydrogen-bond acceptors (Lipinski definition) is 4. The van der Waals surface area contributed by atoms with Crippen LogP contribution in [-0.2, 0) is 0 Å². The maximum atomic E-state index is 13.0. The van der Waals surface area contributed by atoms with Gasteiger partial charge >= 0.3 is 0 Å². The van der Waals surface area contributed by atoms with Crippen molar-refractivity contribution in [2.24, 2.45) is 0 Å². The molecular weight excluding hydrogens is 380 g/mol. The van der Waals surface area contributed by atoms with E-state index in [-0.39, 0.29) is 5.56 Å². The number of aromatic nitrogens is 4. The van der Waals surface area contributed by atoms with E-state index in [0.717, 1.165) is 27.6 Å². The standard InChI is InChI=1S/C23H16N4OS/c28-22-20(29-23-25-21(26-27-23)16-11-5-2-6-12-16)19(15-9-3-1-4-10-15)17-13-7-8-14-18(17)24-22/h1-14H,(H,24,28)(H,25,26,27). The van der Waals surface area contributed by atoms with Gasteiger partial charge in [0.05, 0.1) is 4.90 Å². The first-order valence-corrected chi connectivity index (χ1v) is 9.97. The van der Waals surface area contributed by atoms with Crippen molar-refractivity contribution in [1.29, 1.82) is 0 Å². The van der Waals surface area contributed by atoms with Crippen LogP contribution in [-0.4, -0.2) is 20.2 Å². The van der Waals surface area contributed by atoms with Gasteiger partial charge in [-0.3, -0.25) is 9.89 Å². The number of rotatable bonds is 4. The lowest BCUT2D eigenvalue weighted by atomic mass is 10.0. The van der Waals surface area contributed by atoms with Crippen molar-refractivity contribution < 1.29 is 0 Å². The van der Waals surface area contributed by atoms with Gasteiger partial charge in [0, 0.05) is 22.0 Å². The minimum absolute atomic E-state index is 0.154. The highest BCUT2D eigenvalue weighted by Crippen LogP contribution is 2.36. The highest BCUT2D eigenvalue weighted by Gasteiger charge is 2.18.